The molecule has 2 aromatic rings. The summed E-state index contributed by atoms with van der Waals surface area (Å²) in [5, 5.41) is 4.23. The molecule has 0 spiro atoms. The summed E-state index contributed by atoms with van der Waals surface area (Å²) >= 11 is 6.12. The summed E-state index contributed by atoms with van der Waals surface area (Å²) in [5.74, 6) is 1.55. The molecule has 0 saturated heterocycles. The molecule has 1 atom stereocenters. The first-order valence-corrected chi connectivity index (χ1v) is 10.0. The third-order valence-corrected chi connectivity index (χ3v) is 5.97. The topological polar surface area (TPSA) is 47.6 Å². The van der Waals surface area contributed by atoms with E-state index < -0.39 is 0 Å². The van der Waals surface area contributed by atoms with Crippen LogP contribution < -0.4 is 14.8 Å². The molecule has 0 radical (unpaired) electrons. The molecule has 0 saturated carbocycles. The number of allylic oxidation sites excluding steroid dienone is 2. The van der Waals surface area contributed by atoms with Gasteiger partial charge in [0.05, 0.1) is 0 Å². The largest absolute Gasteiger partial charge is 0.486 e. The minimum absolute atomic E-state index is 0.0568. The minimum Gasteiger partial charge on any atom is -0.486 e. The number of benzene rings is 2. The van der Waals surface area contributed by atoms with Gasteiger partial charge in [0.2, 0.25) is 0 Å². The Morgan fingerprint density at radius 1 is 1.04 bits per heavy atom. The molecular weight excluding hydrogens is 374 g/mol. The highest BCUT2D eigenvalue weighted by molar-refractivity contribution is 6.30. The molecule has 0 bridgehead atoms. The number of ether oxygens (including phenoxy) is 2. The number of carbonyl (C=O) groups is 1. The molecule has 0 amide bonds. The average molecular weight is 396 g/mol. The predicted molar refractivity (Wildman–Crippen MR) is 109 cm³/mol. The molecule has 0 fully saturated rings. The van der Waals surface area contributed by atoms with E-state index in [9.17, 15) is 4.79 Å². The summed E-state index contributed by atoms with van der Waals surface area (Å²) in [6, 6.07) is 11.8. The van der Waals surface area contributed by atoms with E-state index in [0.717, 1.165) is 46.0 Å². The van der Waals surface area contributed by atoms with E-state index in [2.05, 4.69) is 19.2 Å². The van der Waals surface area contributed by atoms with Crippen molar-refractivity contribution in [2.75, 3.05) is 18.5 Å². The average Bonchev–Trinajstić information content (AvgIpc) is 2.64. The van der Waals surface area contributed by atoms with Crippen LogP contribution in [0.1, 0.15) is 43.7 Å². The van der Waals surface area contributed by atoms with Gasteiger partial charge in [-0.2, -0.15) is 0 Å². The molecule has 5 rings (SSSR count). The molecule has 2 aliphatic heterocycles. The van der Waals surface area contributed by atoms with Crippen LogP contribution in [0.3, 0.4) is 0 Å². The number of hydrogen-bond donors (Lipinski definition) is 1. The van der Waals surface area contributed by atoms with Crippen molar-refractivity contribution in [2.45, 2.75) is 32.6 Å². The Morgan fingerprint density at radius 3 is 2.43 bits per heavy atom. The standard InChI is InChI=1S/C23H22ClNO3/c1-23(2)11-17-22(18(26)12-23)21(13-3-5-14(24)6-4-13)15-9-19-20(10-16(15)25-17)28-8-7-27-19/h3-6,9-10,21,25H,7-8,11-12H2,1-2H3. The number of nitrogens with one attached hydrogen (secondary N) is 1. The van der Waals surface area contributed by atoms with Crippen molar-refractivity contribution in [3.63, 3.8) is 0 Å². The Kier molecular flexibility index (Phi) is 3.95. The number of hydrogen-bond acceptors (Lipinski definition) is 4. The van der Waals surface area contributed by atoms with E-state index in [1.54, 1.807) is 0 Å². The Bertz CT molecular complexity index is 1010. The van der Waals surface area contributed by atoms with Crippen molar-refractivity contribution in [3.05, 3.63) is 63.8 Å². The summed E-state index contributed by atoms with van der Waals surface area (Å²) in [7, 11) is 0. The van der Waals surface area contributed by atoms with Gasteiger partial charge in [-0.25, -0.2) is 0 Å². The zero-order valence-electron chi connectivity index (χ0n) is 16.0. The van der Waals surface area contributed by atoms with Gasteiger partial charge in [-0.05, 0) is 41.2 Å². The molecule has 144 valence electrons. The quantitative estimate of drug-likeness (QED) is 0.710. The molecule has 2 heterocycles. The van der Waals surface area contributed by atoms with E-state index in [1.807, 2.05) is 36.4 Å². The van der Waals surface area contributed by atoms with Crippen molar-refractivity contribution >= 4 is 23.1 Å². The van der Waals surface area contributed by atoms with Crippen LogP contribution in [0, 0.1) is 5.41 Å². The molecule has 28 heavy (non-hydrogen) atoms. The van der Waals surface area contributed by atoms with Crippen LogP contribution in [0.15, 0.2) is 47.7 Å². The summed E-state index contributed by atoms with van der Waals surface area (Å²) < 4.78 is 11.6. The van der Waals surface area contributed by atoms with Crippen LogP contribution in [0.4, 0.5) is 5.69 Å². The summed E-state index contributed by atoms with van der Waals surface area (Å²) in [6.45, 7) is 5.37. The molecule has 1 N–H and O–H groups in total. The minimum atomic E-state index is -0.136. The molecule has 1 unspecified atom stereocenters. The van der Waals surface area contributed by atoms with Gasteiger partial charge in [-0.15, -0.1) is 0 Å². The highest BCUT2D eigenvalue weighted by Crippen LogP contribution is 2.51. The maximum absolute atomic E-state index is 13.2. The van der Waals surface area contributed by atoms with Gasteiger partial charge < -0.3 is 14.8 Å². The third-order valence-electron chi connectivity index (χ3n) is 5.72. The Balaban J connectivity index is 1.72. The highest BCUT2D eigenvalue weighted by atomic mass is 35.5. The number of carbonyl (C=O) groups excluding carboxylic acids is 1. The Morgan fingerprint density at radius 2 is 1.71 bits per heavy atom. The fourth-order valence-electron chi connectivity index (χ4n) is 4.55. The second-order valence-corrected chi connectivity index (χ2v) is 8.96. The number of ketones is 1. The monoisotopic (exact) mass is 395 g/mol. The lowest BCUT2D eigenvalue weighted by molar-refractivity contribution is -0.118. The van der Waals surface area contributed by atoms with Gasteiger partial charge in [-0.3, -0.25) is 4.79 Å². The lowest BCUT2D eigenvalue weighted by Gasteiger charge is -2.40. The summed E-state index contributed by atoms with van der Waals surface area (Å²) in [5.41, 5.74) is 4.91. The Hall–Kier alpha value is -2.46. The first-order chi connectivity index (χ1) is 13.4. The zero-order chi connectivity index (χ0) is 19.5. The first kappa shape index (κ1) is 17.6. The van der Waals surface area contributed by atoms with Crippen LogP contribution >= 0.6 is 11.6 Å². The van der Waals surface area contributed by atoms with E-state index in [-0.39, 0.29) is 17.1 Å². The fraction of sp³-hybridized carbons (Fsp3) is 0.348. The molecule has 4 nitrogen and oxygen atoms in total. The maximum atomic E-state index is 13.2. The van der Waals surface area contributed by atoms with Crippen LogP contribution in [-0.2, 0) is 4.79 Å². The van der Waals surface area contributed by atoms with Crippen LogP contribution in [0.2, 0.25) is 5.02 Å². The second-order valence-electron chi connectivity index (χ2n) is 8.53. The summed E-state index contributed by atoms with van der Waals surface area (Å²) in [4.78, 5) is 13.2. The van der Waals surface area contributed by atoms with Gasteiger partial charge in [-0.1, -0.05) is 37.6 Å². The lowest BCUT2D eigenvalue weighted by Crippen LogP contribution is -2.34. The number of Topliss-reactive ketones (excluding diaryl/α,β-unsaturated/α-hetero) is 1. The van der Waals surface area contributed by atoms with Crippen molar-refractivity contribution in [3.8, 4) is 11.5 Å². The van der Waals surface area contributed by atoms with Crippen LogP contribution in [0.25, 0.3) is 0 Å². The van der Waals surface area contributed by atoms with E-state index in [1.165, 1.54) is 0 Å². The smallest absolute Gasteiger partial charge is 0.163 e. The van der Waals surface area contributed by atoms with Crippen LogP contribution in [0.5, 0.6) is 11.5 Å². The van der Waals surface area contributed by atoms with E-state index in [4.69, 9.17) is 21.1 Å². The SMILES string of the molecule is CC1(C)CC(=O)C2=C(C1)Nc1cc3c(cc1C2c1ccc(Cl)cc1)OCCO3. The van der Waals surface area contributed by atoms with Crippen molar-refractivity contribution in [1.29, 1.82) is 0 Å². The molecule has 3 aliphatic rings. The molecule has 5 heteroatoms. The van der Waals surface area contributed by atoms with Gasteiger partial charge in [0.1, 0.15) is 13.2 Å². The maximum Gasteiger partial charge on any atom is 0.163 e. The zero-order valence-corrected chi connectivity index (χ0v) is 16.7. The fourth-order valence-corrected chi connectivity index (χ4v) is 4.68. The van der Waals surface area contributed by atoms with Crippen molar-refractivity contribution in [1.82, 2.24) is 0 Å². The second kappa shape index (κ2) is 6.28. The highest BCUT2D eigenvalue weighted by Gasteiger charge is 2.41. The van der Waals surface area contributed by atoms with Gasteiger partial charge >= 0.3 is 0 Å². The molecule has 0 aromatic heterocycles. The third kappa shape index (κ3) is 2.87. The predicted octanol–water partition coefficient (Wildman–Crippen LogP) is 5.31. The van der Waals surface area contributed by atoms with Gasteiger partial charge in [0.25, 0.3) is 0 Å². The van der Waals surface area contributed by atoms with Gasteiger partial charge in [0.15, 0.2) is 17.3 Å². The Labute approximate surface area is 169 Å². The molecule has 2 aromatic carbocycles. The van der Waals surface area contributed by atoms with Gasteiger partial charge in [0, 0.05) is 40.4 Å². The van der Waals surface area contributed by atoms with E-state index in [0.29, 0.717) is 24.7 Å². The molecule has 1 aliphatic carbocycles. The number of halogens is 1. The molecular formula is C23H22ClNO3. The normalized spacial score (nSPS) is 22.2. The first-order valence-electron chi connectivity index (χ1n) is 9.64. The van der Waals surface area contributed by atoms with Crippen LogP contribution in [-0.4, -0.2) is 19.0 Å². The number of anilines is 1. The van der Waals surface area contributed by atoms with Crippen molar-refractivity contribution < 1.29 is 14.3 Å². The lowest BCUT2D eigenvalue weighted by atomic mass is 9.68. The number of fused-ring (bicyclic) bond motifs is 2. The number of rotatable bonds is 1. The summed E-state index contributed by atoms with van der Waals surface area (Å²) in [6.07, 6.45) is 1.39. The van der Waals surface area contributed by atoms with E-state index >= 15 is 0 Å². The van der Waals surface area contributed by atoms with Crippen molar-refractivity contribution in [2.24, 2.45) is 5.41 Å².